The van der Waals surface area contributed by atoms with E-state index in [1.807, 2.05) is 0 Å². The van der Waals surface area contributed by atoms with Gasteiger partial charge in [-0.1, -0.05) is 18.7 Å². The molecule has 0 rings (SSSR count). The second kappa shape index (κ2) is 3.15. The Hall–Kier alpha value is -1.05. The summed E-state index contributed by atoms with van der Waals surface area (Å²) in [6, 6.07) is 0. The van der Waals surface area contributed by atoms with Crippen molar-refractivity contribution < 1.29 is 9.90 Å². The normalized spacial score (nSPS) is 9.14. The minimum atomic E-state index is -0.945. The van der Waals surface area contributed by atoms with Gasteiger partial charge < -0.3 is 5.11 Å². The summed E-state index contributed by atoms with van der Waals surface area (Å²) < 4.78 is 0. The maximum Gasteiger partial charge on any atom is 0.328 e. The maximum absolute atomic E-state index is 9.62. The van der Waals surface area contributed by atoms with Crippen molar-refractivity contribution in [3.05, 3.63) is 24.8 Å². The number of rotatable bonds is 2. The molecule has 0 unspecified atom stereocenters. The second-order valence-corrected chi connectivity index (χ2v) is 0.933. The molecule has 0 aromatic heterocycles. The highest BCUT2D eigenvalue weighted by atomic mass is 16.4. The molecule has 0 aromatic carbocycles. The van der Waals surface area contributed by atoms with E-state index in [2.05, 4.69) is 6.58 Å². The molecule has 0 bridgehead atoms. The summed E-state index contributed by atoms with van der Waals surface area (Å²) in [5, 5.41) is 7.91. The predicted octanol–water partition coefficient (Wildman–Crippen LogP) is 0.813. The van der Waals surface area contributed by atoms with E-state index in [1.165, 1.54) is 12.2 Å². The molecule has 0 fully saturated rings. The summed E-state index contributed by atoms with van der Waals surface area (Å²) in [7, 11) is 0. The van der Waals surface area contributed by atoms with Gasteiger partial charge in [0.25, 0.3) is 0 Å². The number of carboxylic acids is 1. The maximum atomic E-state index is 9.62. The van der Waals surface area contributed by atoms with Crippen LogP contribution in [0.5, 0.6) is 0 Å². The predicted molar refractivity (Wildman–Crippen MR) is 27.0 cm³/mol. The van der Waals surface area contributed by atoms with Crippen molar-refractivity contribution in [2.45, 2.75) is 0 Å². The van der Waals surface area contributed by atoms with E-state index in [1.54, 1.807) is 0 Å². The van der Waals surface area contributed by atoms with E-state index in [9.17, 15) is 4.79 Å². The van der Waals surface area contributed by atoms with Crippen molar-refractivity contribution in [3.8, 4) is 0 Å². The molecule has 0 aliphatic carbocycles. The number of aliphatic carboxylic acids is 1. The highest BCUT2D eigenvalue weighted by Crippen LogP contribution is 1.70. The van der Waals surface area contributed by atoms with Gasteiger partial charge in [-0.05, 0) is 0 Å². The minimum absolute atomic E-state index is 0.945. The van der Waals surface area contributed by atoms with Crippen LogP contribution < -0.4 is 0 Å². The fraction of sp³-hybridized carbons (Fsp3) is 0. The van der Waals surface area contributed by atoms with Crippen LogP contribution in [-0.4, -0.2) is 11.1 Å². The lowest BCUT2D eigenvalue weighted by Crippen LogP contribution is -1.83. The smallest absolute Gasteiger partial charge is 0.328 e. The van der Waals surface area contributed by atoms with Gasteiger partial charge in [0.1, 0.15) is 0 Å². The molecule has 0 radical (unpaired) electrons. The van der Waals surface area contributed by atoms with Crippen molar-refractivity contribution in [1.82, 2.24) is 0 Å². The SMILES string of the molecule is C=CC=CC(=O)O. The summed E-state index contributed by atoms with van der Waals surface area (Å²) in [4.78, 5) is 9.62. The first-order valence-corrected chi connectivity index (χ1v) is 1.79. The molecule has 1 N–H and O–H groups in total. The lowest BCUT2D eigenvalue weighted by atomic mass is 10.5. The Morgan fingerprint density at radius 3 is 2.43 bits per heavy atom. The minimum Gasteiger partial charge on any atom is -0.478 e. The van der Waals surface area contributed by atoms with Crippen LogP contribution in [-0.2, 0) is 4.79 Å². The number of hydrogen-bond donors (Lipinski definition) is 1. The van der Waals surface area contributed by atoms with Gasteiger partial charge in [-0.3, -0.25) is 0 Å². The van der Waals surface area contributed by atoms with Gasteiger partial charge in [0.2, 0.25) is 0 Å². The van der Waals surface area contributed by atoms with Crippen LogP contribution in [0.4, 0.5) is 0 Å². The van der Waals surface area contributed by atoms with Crippen molar-refractivity contribution in [1.29, 1.82) is 0 Å². The number of allylic oxidation sites excluding steroid dienone is 2. The zero-order valence-corrected chi connectivity index (χ0v) is 3.79. The molecule has 0 saturated heterocycles. The Bertz CT molecular complexity index is 103. The van der Waals surface area contributed by atoms with E-state index in [0.717, 1.165) is 6.08 Å². The number of hydrogen-bond acceptors (Lipinski definition) is 1. The molecule has 0 amide bonds. The van der Waals surface area contributed by atoms with E-state index in [4.69, 9.17) is 5.11 Å². The zero-order chi connectivity index (χ0) is 5.70. The molecule has 7 heavy (non-hydrogen) atoms. The van der Waals surface area contributed by atoms with Gasteiger partial charge in [-0.15, -0.1) is 0 Å². The number of carboxylic acid groups (broad SMARTS) is 1. The molecule has 0 atom stereocenters. The van der Waals surface area contributed by atoms with E-state index < -0.39 is 5.97 Å². The largest absolute Gasteiger partial charge is 0.478 e. The van der Waals surface area contributed by atoms with Crippen LogP contribution in [0.3, 0.4) is 0 Å². The van der Waals surface area contributed by atoms with E-state index in [0.29, 0.717) is 0 Å². The summed E-state index contributed by atoms with van der Waals surface area (Å²) >= 11 is 0. The summed E-state index contributed by atoms with van der Waals surface area (Å²) in [6.07, 6.45) is 3.80. The molecule has 38 valence electrons. The van der Waals surface area contributed by atoms with Crippen LogP contribution in [0.15, 0.2) is 24.8 Å². The van der Waals surface area contributed by atoms with Crippen LogP contribution in [0.2, 0.25) is 0 Å². The Labute approximate surface area is 41.8 Å². The number of carbonyl (C=O) groups is 1. The third-order valence-corrected chi connectivity index (χ3v) is 0.375. The van der Waals surface area contributed by atoms with Gasteiger partial charge in [0.15, 0.2) is 0 Å². The fourth-order valence-electron chi connectivity index (χ4n) is 0.150. The fourth-order valence-corrected chi connectivity index (χ4v) is 0.150. The van der Waals surface area contributed by atoms with Gasteiger partial charge in [-0.2, -0.15) is 0 Å². The monoisotopic (exact) mass is 98.0 g/mol. The van der Waals surface area contributed by atoms with Gasteiger partial charge in [0, 0.05) is 6.08 Å². The summed E-state index contributed by atoms with van der Waals surface area (Å²) in [5.41, 5.74) is 0. The van der Waals surface area contributed by atoms with Gasteiger partial charge in [0.05, 0.1) is 0 Å². The molecule has 2 heteroatoms. The first-order chi connectivity index (χ1) is 3.27. The average Bonchev–Trinajstić information content (AvgIpc) is 1.61. The Kier molecular flexibility index (Phi) is 2.68. The van der Waals surface area contributed by atoms with Crippen molar-refractivity contribution in [2.24, 2.45) is 0 Å². The lowest BCUT2D eigenvalue weighted by Gasteiger charge is -1.70. The molecule has 0 saturated carbocycles. The van der Waals surface area contributed by atoms with Crippen LogP contribution in [0, 0.1) is 0 Å². The average molecular weight is 98.1 g/mol. The Morgan fingerprint density at radius 2 is 2.29 bits per heavy atom. The molecule has 0 aliphatic rings. The van der Waals surface area contributed by atoms with Crippen molar-refractivity contribution in [2.75, 3.05) is 0 Å². The molecule has 0 aliphatic heterocycles. The van der Waals surface area contributed by atoms with Crippen molar-refractivity contribution in [3.63, 3.8) is 0 Å². The molecular weight excluding hydrogens is 92.1 g/mol. The summed E-state index contributed by atoms with van der Waals surface area (Å²) in [6.45, 7) is 3.28. The highest BCUT2D eigenvalue weighted by Gasteiger charge is 1.77. The first kappa shape index (κ1) is 5.95. The molecule has 0 spiro atoms. The quantitative estimate of drug-likeness (QED) is 0.410. The molecule has 0 heterocycles. The van der Waals surface area contributed by atoms with Gasteiger partial charge in [-0.25, -0.2) is 4.79 Å². The zero-order valence-electron chi connectivity index (χ0n) is 3.79. The van der Waals surface area contributed by atoms with E-state index in [-0.39, 0.29) is 0 Å². The standard InChI is InChI=1S/C5H6O2/c1-2-3-4-5(6)7/h2-4H,1H2,(H,6,7). The third kappa shape index (κ3) is 4.95. The van der Waals surface area contributed by atoms with Crippen LogP contribution in [0.25, 0.3) is 0 Å². The summed E-state index contributed by atoms with van der Waals surface area (Å²) in [5.74, 6) is -0.945. The van der Waals surface area contributed by atoms with Crippen LogP contribution in [0.1, 0.15) is 0 Å². The lowest BCUT2D eigenvalue weighted by molar-refractivity contribution is -0.131. The Morgan fingerprint density at radius 1 is 1.71 bits per heavy atom. The second-order valence-electron chi connectivity index (χ2n) is 0.933. The highest BCUT2D eigenvalue weighted by molar-refractivity contribution is 5.79. The molecular formula is C5H6O2. The van der Waals surface area contributed by atoms with Gasteiger partial charge >= 0.3 is 5.97 Å². The first-order valence-electron chi connectivity index (χ1n) is 1.79. The topological polar surface area (TPSA) is 37.3 Å². The third-order valence-electron chi connectivity index (χ3n) is 0.375. The van der Waals surface area contributed by atoms with E-state index >= 15 is 0 Å². The molecule has 0 aromatic rings. The van der Waals surface area contributed by atoms with Crippen LogP contribution >= 0.6 is 0 Å². The molecule has 2 nitrogen and oxygen atoms in total. The Balaban J connectivity index is 3.46. The van der Waals surface area contributed by atoms with Crippen molar-refractivity contribution >= 4 is 5.97 Å².